The van der Waals surface area contributed by atoms with Crippen LogP contribution in [0.2, 0.25) is 0 Å². The van der Waals surface area contributed by atoms with Crippen molar-refractivity contribution in [1.82, 2.24) is 4.98 Å². The summed E-state index contributed by atoms with van der Waals surface area (Å²) in [6, 6.07) is 63.1. The third-order valence-electron chi connectivity index (χ3n) is 9.92. The van der Waals surface area contributed by atoms with Crippen LogP contribution in [0.15, 0.2) is 187 Å². The van der Waals surface area contributed by atoms with Crippen molar-refractivity contribution in [3.63, 3.8) is 0 Å². The van der Waals surface area contributed by atoms with E-state index in [9.17, 15) is 0 Å². The van der Waals surface area contributed by atoms with Gasteiger partial charge in [0.25, 0.3) is 0 Å². The van der Waals surface area contributed by atoms with Crippen LogP contribution in [0, 0.1) is 0 Å². The van der Waals surface area contributed by atoms with Crippen LogP contribution >= 0.6 is 0 Å². The second-order valence-corrected chi connectivity index (χ2v) is 12.8. The molecule has 0 unspecified atom stereocenters. The van der Waals surface area contributed by atoms with Crippen molar-refractivity contribution in [1.29, 1.82) is 0 Å². The Kier molecular flexibility index (Phi) is 6.49. The molecule has 0 bridgehead atoms. The number of para-hydroxylation sites is 1. The zero-order valence-electron chi connectivity index (χ0n) is 27.1. The summed E-state index contributed by atoms with van der Waals surface area (Å²) >= 11 is 0. The van der Waals surface area contributed by atoms with E-state index in [2.05, 4.69) is 180 Å². The first kappa shape index (κ1) is 28.3. The van der Waals surface area contributed by atoms with Crippen LogP contribution in [-0.4, -0.2) is 4.98 Å². The van der Waals surface area contributed by atoms with Gasteiger partial charge in [-0.2, -0.15) is 0 Å². The lowest BCUT2D eigenvalue weighted by Gasteiger charge is -2.29. The molecule has 0 radical (unpaired) electrons. The lowest BCUT2D eigenvalue weighted by Crippen LogP contribution is -2.11. The Morgan fingerprint density at radius 3 is 1.82 bits per heavy atom. The predicted molar refractivity (Wildman–Crippen MR) is 210 cm³/mol. The van der Waals surface area contributed by atoms with Crippen LogP contribution in [-0.2, 0) is 0 Å². The molecule has 10 aromatic rings. The first-order valence-corrected chi connectivity index (χ1v) is 17.0. The van der Waals surface area contributed by atoms with Gasteiger partial charge in [-0.15, -0.1) is 0 Å². The van der Waals surface area contributed by atoms with Crippen LogP contribution in [0.1, 0.15) is 0 Å². The summed E-state index contributed by atoms with van der Waals surface area (Å²) in [5, 5.41) is 9.25. The number of furan rings is 1. The molecule has 8 aromatic carbocycles. The highest BCUT2D eigenvalue weighted by atomic mass is 16.3. The first-order chi connectivity index (χ1) is 24.8. The van der Waals surface area contributed by atoms with Crippen molar-refractivity contribution in [3.05, 3.63) is 182 Å². The normalized spacial score (nSPS) is 11.6. The van der Waals surface area contributed by atoms with Crippen LogP contribution in [0.5, 0.6) is 0 Å². The van der Waals surface area contributed by atoms with Crippen molar-refractivity contribution in [3.8, 4) is 22.3 Å². The molecule has 3 heteroatoms. The zero-order valence-corrected chi connectivity index (χ0v) is 27.1. The average Bonchev–Trinajstić information content (AvgIpc) is 3.55. The fourth-order valence-electron chi connectivity index (χ4n) is 7.59. The summed E-state index contributed by atoms with van der Waals surface area (Å²) in [6.07, 6.45) is 1.78. The van der Waals surface area contributed by atoms with E-state index in [1.54, 1.807) is 6.20 Å². The quantitative estimate of drug-likeness (QED) is 0.188. The SMILES string of the molecule is c1ccc(N(c2ccc(-c3cccc4ccccc34)cc2)c2cccc3cc4oc5ncccc5c4cc23)c(-c2cccc3ccccc23)c1. The molecule has 0 fully saturated rings. The molecule has 0 saturated carbocycles. The Morgan fingerprint density at radius 1 is 0.400 bits per heavy atom. The molecule has 50 heavy (non-hydrogen) atoms. The van der Waals surface area contributed by atoms with Gasteiger partial charge >= 0.3 is 0 Å². The van der Waals surface area contributed by atoms with E-state index >= 15 is 0 Å². The van der Waals surface area contributed by atoms with Crippen molar-refractivity contribution in [2.75, 3.05) is 4.90 Å². The number of hydrogen-bond donors (Lipinski definition) is 0. The van der Waals surface area contributed by atoms with Gasteiger partial charge in [0.05, 0.1) is 11.4 Å². The van der Waals surface area contributed by atoms with E-state index in [1.807, 2.05) is 6.07 Å². The summed E-state index contributed by atoms with van der Waals surface area (Å²) in [6.45, 7) is 0. The number of hydrogen-bond acceptors (Lipinski definition) is 3. The minimum Gasteiger partial charge on any atom is -0.438 e. The highest BCUT2D eigenvalue weighted by Crippen LogP contribution is 2.46. The second kappa shape index (κ2) is 11.5. The van der Waals surface area contributed by atoms with Gasteiger partial charge in [-0.3, -0.25) is 0 Å². The molecule has 2 aromatic heterocycles. The molecule has 0 atom stereocenters. The summed E-state index contributed by atoms with van der Waals surface area (Å²) in [7, 11) is 0. The Labute approximate surface area is 289 Å². The highest BCUT2D eigenvalue weighted by molar-refractivity contribution is 6.13. The van der Waals surface area contributed by atoms with E-state index in [0.29, 0.717) is 5.71 Å². The van der Waals surface area contributed by atoms with E-state index < -0.39 is 0 Å². The van der Waals surface area contributed by atoms with Crippen molar-refractivity contribution in [2.24, 2.45) is 0 Å². The second-order valence-electron chi connectivity index (χ2n) is 12.8. The predicted octanol–water partition coefficient (Wildman–Crippen LogP) is 13.2. The number of aromatic nitrogens is 1. The Hall–Kier alpha value is -6.71. The molecular formula is C47H30N2O. The van der Waals surface area contributed by atoms with Crippen molar-refractivity contribution < 1.29 is 4.42 Å². The summed E-state index contributed by atoms with van der Waals surface area (Å²) in [5.74, 6) is 0. The summed E-state index contributed by atoms with van der Waals surface area (Å²) in [4.78, 5) is 6.92. The number of benzene rings is 8. The van der Waals surface area contributed by atoms with Crippen molar-refractivity contribution in [2.45, 2.75) is 0 Å². The molecular weight excluding hydrogens is 609 g/mol. The maximum Gasteiger partial charge on any atom is 0.227 e. The molecule has 0 aliphatic carbocycles. The Bertz CT molecular complexity index is 2870. The molecule has 0 saturated heterocycles. The van der Waals surface area contributed by atoms with E-state index in [-0.39, 0.29) is 0 Å². The Balaban J connectivity index is 1.23. The molecule has 0 aliphatic rings. The first-order valence-electron chi connectivity index (χ1n) is 17.0. The average molecular weight is 639 g/mol. The molecule has 234 valence electrons. The molecule has 10 rings (SSSR count). The molecule has 0 aliphatic heterocycles. The topological polar surface area (TPSA) is 29.3 Å². The lowest BCUT2D eigenvalue weighted by atomic mass is 9.95. The smallest absolute Gasteiger partial charge is 0.227 e. The Morgan fingerprint density at radius 2 is 1.00 bits per heavy atom. The zero-order chi connectivity index (χ0) is 33.0. The molecule has 2 heterocycles. The van der Waals surface area contributed by atoms with Crippen molar-refractivity contribution >= 4 is 71.4 Å². The van der Waals surface area contributed by atoms with Gasteiger partial charge < -0.3 is 9.32 Å². The third-order valence-corrected chi connectivity index (χ3v) is 9.92. The van der Waals surface area contributed by atoms with Gasteiger partial charge in [0, 0.05) is 33.6 Å². The number of pyridine rings is 1. The van der Waals surface area contributed by atoms with Crippen LogP contribution in [0.25, 0.3) is 76.6 Å². The minimum atomic E-state index is 0.654. The van der Waals surface area contributed by atoms with Gasteiger partial charge in [-0.1, -0.05) is 127 Å². The molecule has 3 nitrogen and oxygen atoms in total. The fourth-order valence-corrected chi connectivity index (χ4v) is 7.59. The van der Waals surface area contributed by atoms with Gasteiger partial charge in [-0.25, -0.2) is 4.98 Å². The molecule has 0 spiro atoms. The van der Waals surface area contributed by atoms with Crippen LogP contribution in [0.4, 0.5) is 17.1 Å². The van der Waals surface area contributed by atoms with Gasteiger partial charge in [0.2, 0.25) is 5.71 Å². The van der Waals surface area contributed by atoms with Crippen LogP contribution in [0.3, 0.4) is 0 Å². The van der Waals surface area contributed by atoms with E-state index in [1.165, 1.54) is 43.8 Å². The molecule has 0 amide bonds. The van der Waals surface area contributed by atoms with E-state index in [0.717, 1.165) is 44.2 Å². The highest BCUT2D eigenvalue weighted by Gasteiger charge is 2.21. The lowest BCUT2D eigenvalue weighted by molar-refractivity contribution is 0.654. The number of anilines is 3. The minimum absolute atomic E-state index is 0.654. The summed E-state index contributed by atoms with van der Waals surface area (Å²) in [5.41, 5.74) is 9.54. The molecule has 0 N–H and O–H groups in total. The van der Waals surface area contributed by atoms with Gasteiger partial charge in [-0.05, 0) is 92.2 Å². The van der Waals surface area contributed by atoms with E-state index in [4.69, 9.17) is 4.42 Å². The number of rotatable bonds is 5. The number of fused-ring (bicyclic) bond motifs is 6. The third kappa shape index (κ3) is 4.56. The maximum atomic E-state index is 6.21. The number of nitrogens with zero attached hydrogens (tertiary/aromatic N) is 2. The standard InChI is InChI=1S/C47H30N2O/c1-3-16-36-31(11-1)13-7-19-37(36)33-24-26-35(27-25-33)49(44-22-6-5-18-40(44)39-20-8-14-32-12-2-4-17-38(32)39)45-23-9-15-34-29-46-43(30-42(34)45)41-21-10-28-48-47(41)50-46/h1-30H. The van der Waals surface area contributed by atoms with Crippen LogP contribution < -0.4 is 4.90 Å². The summed E-state index contributed by atoms with van der Waals surface area (Å²) < 4.78 is 6.21. The monoisotopic (exact) mass is 638 g/mol. The van der Waals surface area contributed by atoms with Gasteiger partial charge in [0.1, 0.15) is 5.58 Å². The maximum absolute atomic E-state index is 6.21. The fraction of sp³-hybridized carbons (Fsp3) is 0. The largest absolute Gasteiger partial charge is 0.438 e. The van der Waals surface area contributed by atoms with Gasteiger partial charge in [0.15, 0.2) is 0 Å².